The molecule has 3 rings (SSSR count). The van der Waals surface area contributed by atoms with Gasteiger partial charge in [0.25, 0.3) is 0 Å². The summed E-state index contributed by atoms with van der Waals surface area (Å²) >= 11 is 0. The summed E-state index contributed by atoms with van der Waals surface area (Å²) in [5.41, 5.74) is -1.76. The van der Waals surface area contributed by atoms with Gasteiger partial charge in [0.2, 0.25) is 0 Å². The lowest BCUT2D eigenvalue weighted by Crippen LogP contribution is -2.35. The van der Waals surface area contributed by atoms with E-state index in [9.17, 15) is 31.1 Å². The molecule has 1 aromatic heterocycles. The fraction of sp³-hybridized carbons (Fsp3) is 0.280. The highest BCUT2D eigenvalue weighted by atomic mass is 19.4. The molecule has 0 aliphatic heterocycles. The fourth-order valence-electron chi connectivity index (χ4n) is 3.52. The van der Waals surface area contributed by atoms with Crippen LogP contribution >= 0.6 is 0 Å². The monoisotopic (exact) mass is 480 g/mol. The molecule has 0 saturated carbocycles. The molecule has 0 saturated heterocycles. The summed E-state index contributed by atoms with van der Waals surface area (Å²) in [5.74, 6) is -0.584. The zero-order valence-electron chi connectivity index (χ0n) is 18.6. The van der Waals surface area contributed by atoms with E-state index in [1.807, 2.05) is 31.2 Å². The van der Waals surface area contributed by atoms with Crippen LogP contribution in [0.3, 0.4) is 0 Å². The Morgan fingerprint density at radius 1 is 0.853 bits per heavy atom. The number of hydrogen-bond donors (Lipinski definition) is 1. The minimum Gasteiger partial charge on any atom is -0.376 e. The van der Waals surface area contributed by atoms with Gasteiger partial charge in [0, 0.05) is 11.8 Å². The average molecular weight is 480 g/mol. The number of rotatable bonds is 6. The van der Waals surface area contributed by atoms with E-state index in [4.69, 9.17) is 0 Å². The first-order chi connectivity index (χ1) is 15.7. The van der Waals surface area contributed by atoms with Crippen molar-refractivity contribution < 1.29 is 31.1 Å². The van der Waals surface area contributed by atoms with Gasteiger partial charge in [-0.05, 0) is 61.7 Å². The number of hydrogen-bond acceptors (Lipinski definition) is 3. The Balaban J connectivity index is 1.92. The molecular formula is C25H22F6N2O. The number of anilines is 1. The van der Waals surface area contributed by atoms with Gasteiger partial charge in [-0.25, -0.2) is 0 Å². The van der Waals surface area contributed by atoms with Gasteiger partial charge in [-0.3, -0.25) is 9.78 Å². The molecule has 0 bridgehead atoms. The molecule has 180 valence electrons. The Bertz CT molecular complexity index is 1170. The van der Waals surface area contributed by atoms with E-state index < -0.39 is 34.7 Å². The average Bonchev–Trinajstić information content (AvgIpc) is 2.76. The fourth-order valence-corrected chi connectivity index (χ4v) is 3.52. The molecule has 3 nitrogen and oxygen atoms in total. The zero-order chi connectivity index (χ0) is 25.3. The van der Waals surface area contributed by atoms with Crippen LogP contribution in [-0.2, 0) is 22.6 Å². The Morgan fingerprint density at radius 2 is 1.41 bits per heavy atom. The minimum atomic E-state index is -4.99. The van der Waals surface area contributed by atoms with Crippen molar-refractivity contribution in [3.05, 3.63) is 83.2 Å². The van der Waals surface area contributed by atoms with Crippen LogP contribution in [0.15, 0.2) is 60.9 Å². The lowest BCUT2D eigenvalue weighted by molar-refractivity contribution is -0.143. The maximum absolute atomic E-state index is 13.3. The van der Waals surface area contributed by atoms with Crippen molar-refractivity contribution in [2.75, 3.05) is 11.9 Å². The standard InChI is InChI=1S/C25H22F6N2O/c1-15-6-4-5-7-19(15)20-8-9-32-13-21(20)33-14-22(34)23(2,3)16-10-17(24(26,27)28)12-18(11-16)25(29,30)31/h4-13,33H,14H2,1-3H3. The quantitative estimate of drug-likeness (QED) is 0.384. The van der Waals surface area contributed by atoms with Gasteiger partial charge in [0.15, 0.2) is 5.78 Å². The van der Waals surface area contributed by atoms with Crippen LogP contribution < -0.4 is 5.32 Å². The first-order valence-electron chi connectivity index (χ1n) is 10.3. The molecule has 0 amide bonds. The second-order valence-corrected chi connectivity index (χ2v) is 8.43. The molecule has 1 heterocycles. The van der Waals surface area contributed by atoms with Crippen LogP contribution in [0.25, 0.3) is 11.1 Å². The molecule has 9 heteroatoms. The molecule has 1 N–H and O–H groups in total. The molecule has 3 aromatic rings. The third-order valence-corrected chi connectivity index (χ3v) is 5.70. The number of benzene rings is 2. The molecular weight excluding hydrogens is 458 g/mol. The second kappa shape index (κ2) is 9.12. The largest absolute Gasteiger partial charge is 0.416 e. The summed E-state index contributed by atoms with van der Waals surface area (Å²) < 4.78 is 79.6. The number of aromatic nitrogens is 1. The molecule has 0 fully saturated rings. The van der Waals surface area contributed by atoms with Crippen molar-refractivity contribution in [3.63, 3.8) is 0 Å². The maximum Gasteiger partial charge on any atom is 0.416 e. The number of ketones is 1. The third-order valence-electron chi connectivity index (χ3n) is 5.70. The summed E-state index contributed by atoms with van der Waals surface area (Å²) in [7, 11) is 0. The molecule has 2 aromatic carbocycles. The van der Waals surface area contributed by atoms with Crippen LogP contribution in [0, 0.1) is 6.92 Å². The predicted molar refractivity (Wildman–Crippen MR) is 117 cm³/mol. The maximum atomic E-state index is 13.3. The predicted octanol–water partition coefficient (Wildman–Crippen LogP) is 7.05. The highest BCUT2D eigenvalue weighted by Crippen LogP contribution is 2.39. The van der Waals surface area contributed by atoms with Gasteiger partial charge in [-0.15, -0.1) is 0 Å². The normalized spacial score (nSPS) is 12.5. The second-order valence-electron chi connectivity index (χ2n) is 8.43. The highest BCUT2D eigenvalue weighted by Gasteiger charge is 2.40. The number of carbonyl (C=O) groups is 1. The van der Waals surface area contributed by atoms with Crippen molar-refractivity contribution in [2.24, 2.45) is 0 Å². The highest BCUT2D eigenvalue weighted by molar-refractivity contribution is 5.93. The number of pyridine rings is 1. The van der Waals surface area contributed by atoms with Crippen LogP contribution in [0.1, 0.15) is 36.1 Å². The number of Topliss-reactive ketones (excluding diaryl/α,β-unsaturated/α-hetero) is 1. The number of carbonyl (C=O) groups excluding carboxylic acids is 1. The Hall–Kier alpha value is -3.36. The van der Waals surface area contributed by atoms with Crippen molar-refractivity contribution in [1.29, 1.82) is 0 Å². The topological polar surface area (TPSA) is 42.0 Å². The minimum absolute atomic E-state index is 0.0480. The Morgan fingerprint density at radius 3 is 1.97 bits per heavy atom. The van der Waals surface area contributed by atoms with Crippen molar-refractivity contribution >= 4 is 11.5 Å². The van der Waals surface area contributed by atoms with E-state index in [-0.39, 0.29) is 18.2 Å². The molecule has 34 heavy (non-hydrogen) atoms. The van der Waals surface area contributed by atoms with Crippen LogP contribution in [0.5, 0.6) is 0 Å². The van der Waals surface area contributed by atoms with E-state index in [0.29, 0.717) is 17.8 Å². The molecule has 0 atom stereocenters. The SMILES string of the molecule is Cc1ccccc1-c1ccncc1NCC(=O)C(C)(C)c1cc(C(F)(F)F)cc(C(F)(F)F)c1. The molecule has 0 radical (unpaired) electrons. The number of alkyl halides is 6. The van der Waals surface area contributed by atoms with Gasteiger partial charge >= 0.3 is 12.4 Å². The molecule has 0 aliphatic rings. The Kier molecular flexibility index (Phi) is 6.78. The van der Waals surface area contributed by atoms with Gasteiger partial charge in [-0.1, -0.05) is 24.3 Å². The van der Waals surface area contributed by atoms with E-state index >= 15 is 0 Å². The van der Waals surface area contributed by atoms with Gasteiger partial charge < -0.3 is 5.32 Å². The summed E-state index contributed by atoms with van der Waals surface area (Å²) in [5, 5.41) is 2.95. The molecule has 0 unspecified atom stereocenters. The number of halogens is 6. The summed E-state index contributed by atoms with van der Waals surface area (Å²) in [4.78, 5) is 17.1. The summed E-state index contributed by atoms with van der Waals surface area (Å²) in [6.45, 7) is 4.20. The number of nitrogens with one attached hydrogen (secondary N) is 1. The van der Waals surface area contributed by atoms with E-state index in [1.165, 1.54) is 20.0 Å². The lowest BCUT2D eigenvalue weighted by Gasteiger charge is -2.26. The first kappa shape index (κ1) is 25.3. The van der Waals surface area contributed by atoms with E-state index in [0.717, 1.165) is 16.7 Å². The van der Waals surface area contributed by atoms with Crippen LogP contribution in [-0.4, -0.2) is 17.3 Å². The van der Waals surface area contributed by atoms with Gasteiger partial charge in [0.05, 0.1) is 35.0 Å². The third kappa shape index (κ3) is 5.40. The Labute approximate surface area is 192 Å². The smallest absolute Gasteiger partial charge is 0.376 e. The van der Waals surface area contributed by atoms with E-state index in [2.05, 4.69) is 10.3 Å². The van der Waals surface area contributed by atoms with Crippen LogP contribution in [0.2, 0.25) is 0 Å². The van der Waals surface area contributed by atoms with Crippen molar-refractivity contribution in [3.8, 4) is 11.1 Å². The zero-order valence-corrected chi connectivity index (χ0v) is 18.6. The number of aryl methyl sites for hydroxylation is 1. The number of nitrogens with zero attached hydrogens (tertiary/aromatic N) is 1. The lowest BCUT2D eigenvalue weighted by atomic mass is 9.79. The van der Waals surface area contributed by atoms with Gasteiger partial charge in [-0.2, -0.15) is 26.3 Å². The molecule has 0 spiro atoms. The summed E-state index contributed by atoms with van der Waals surface area (Å²) in [6, 6.07) is 10.5. The van der Waals surface area contributed by atoms with Crippen LogP contribution in [0.4, 0.5) is 32.0 Å². The van der Waals surface area contributed by atoms with Crippen molar-refractivity contribution in [1.82, 2.24) is 4.98 Å². The van der Waals surface area contributed by atoms with Crippen molar-refractivity contribution in [2.45, 2.75) is 38.5 Å². The van der Waals surface area contributed by atoms with Gasteiger partial charge in [0.1, 0.15) is 0 Å². The summed E-state index contributed by atoms with van der Waals surface area (Å²) in [6.07, 6.45) is -6.90. The first-order valence-corrected chi connectivity index (χ1v) is 10.3. The van der Waals surface area contributed by atoms with E-state index in [1.54, 1.807) is 12.3 Å². The molecule has 0 aliphatic carbocycles.